The van der Waals surface area contributed by atoms with E-state index in [-0.39, 0.29) is 11.8 Å². The van der Waals surface area contributed by atoms with Crippen LogP contribution in [-0.4, -0.2) is 16.7 Å². The molecular weight excluding hydrogens is 221 g/mol. The van der Waals surface area contributed by atoms with Crippen molar-refractivity contribution >= 4 is 0 Å². The van der Waals surface area contributed by atoms with Crippen LogP contribution in [0.2, 0.25) is 0 Å². The predicted molar refractivity (Wildman–Crippen MR) is 62.7 cm³/mol. The smallest absolute Gasteiger partial charge is 0.167 e. The minimum absolute atomic E-state index is 0.164. The lowest BCUT2D eigenvalue weighted by Gasteiger charge is -2.11. The highest BCUT2D eigenvalue weighted by molar-refractivity contribution is 5.40. The van der Waals surface area contributed by atoms with Crippen molar-refractivity contribution in [2.45, 2.75) is 13.0 Å². The van der Waals surface area contributed by atoms with Gasteiger partial charge < -0.3 is 15.0 Å². The number of nitrogens with two attached hydrogens (primary N) is 1. The molecule has 1 unspecified atom stereocenters. The zero-order chi connectivity index (χ0) is 12.4. The van der Waals surface area contributed by atoms with Crippen LogP contribution in [0.15, 0.2) is 30.7 Å². The third-order valence-electron chi connectivity index (χ3n) is 2.55. The van der Waals surface area contributed by atoms with Gasteiger partial charge in [0.25, 0.3) is 0 Å². The summed E-state index contributed by atoms with van der Waals surface area (Å²) < 4.78 is 20.2. The average Bonchev–Trinajstić information content (AvgIpc) is 2.77. The Kier molecular flexibility index (Phi) is 3.10. The first-order valence-electron chi connectivity index (χ1n) is 5.25. The quantitative estimate of drug-likeness (QED) is 0.885. The van der Waals surface area contributed by atoms with E-state index in [1.165, 1.54) is 13.2 Å². The molecule has 0 aliphatic carbocycles. The molecule has 0 fully saturated rings. The first kappa shape index (κ1) is 11.6. The van der Waals surface area contributed by atoms with E-state index in [1.807, 2.05) is 6.92 Å². The van der Waals surface area contributed by atoms with Crippen molar-refractivity contribution in [3.63, 3.8) is 0 Å². The number of ether oxygens (including phenoxy) is 1. The van der Waals surface area contributed by atoms with Crippen LogP contribution in [0.1, 0.15) is 18.7 Å². The van der Waals surface area contributed by atoms with Gasteiger partial charge in [-0.2, -0.15) is 0 Å². The van der Waals surface area contributed by atoms with Crippen LogP contribution in [-0.2, 0) is 0 Å². The lowest BCUT2D eigenvalue weighted by Crippen LogP contribution is -2.10. The lowest BCUT2D eigenvalue weighted by atomic mass is 10.2. The average molecular weight is 235 g/mol. The fourth-order valence-corrected chi connectivity index (χ4v) is 1.66. The van der Waals surface area contributed by atoms with Crippen molar-refractivity contribution in [3.8, 4) is 11.4 Å². The Labute approximate surface area is 98.8 Å². The van der Waals surface area contributed by atoms with E-state index in [0.717, 1.165) is 5.69 Å². The number of rotatable bonds is 3. The summed E-state index contributed by atoms with van der Waals surface area (Å²) in [6.45, 7) is 1.85. The molecule has 5 heteroatoms. The summed E-state index contributed by atoms with van der Waals surface area (Å²) in [7, 11) is 1.43. The molecule has 17 heavy (non-hydrogen) atoms. The van der Waals surface area contributed by atoms with Gasteiger partial charge in [0.2, 0.25) is 0 Å². The standard InChI is InChI=1S/C12H14FN3O/c1-8(14)11-6-15-7-16(11)9-3-4-12(17-2)10(13)5-9/h3-8H,14H2,1-2H3. The Morgan fingerprint density at radius 3 is 2.82 bits per heavy atom. The topological polar surface area (TPSA) is 53.1 Å². The van der Waals surface area contributed by atoms with Crippen LogP contribution in [0, 0.1) is 5.82 Å². The molecule has 1 aromatic heterocycles. The molecule has 0 saturated carbocycles. The summed E-state index contributed by atoms with van der Waals surface area (Å²) in [5.74, 6) is -0.189. The van der Waals surface area contributed by atoms with E-state index >= 15 is 0 Å². The van der Waals surface area contributed by atoms with Gasteiger partial charge in [-0.05, 0) is 19.1 Å². The van der Waals surface area contributed by atoms with Crippen molar-refractivity contribution in [2.24, 2.45) is 5.73 Å². The van der Waals surface area contributed by atoms with Crippen LogP contribution in [0.4, 0.5) is 4.39 Å². The molecule has 1 aromatic carbocycles. The van der Waals surface area contributed by atoms with Crippen molar-refractivity contribution in [3.05, 3.63) is 42.2 Å². The van der Waals surface area contributed by atoms with Crippen molar-refractivity contribution in [1.82, 2.24) is 9.55 Å². The third kappa shape index (κ3) is 2.14. The molecule has 4 nitrogen and oxygen atoms in total. The summed E-state index contributed by atoms with van der Waals surface area (Å²) in [6.07, 6.45) is 3.28. The van der Waals surface area contributed by atoms with E-state index in [2.05, 4.69) is 4.98 Å². The molecule has 2 N–H and O–H groups in total. The summed E-state index contributed by atoms with van der Waals surface area (Å²) in [5.41, 5.74) is 7.31. The largest absolute Gasteiger partial charge is 0.494 e. The number of aromatic nitrogens is 2. The number of imidazole rings is 1. The lowest BCUT2D eigenvalue weighted by molar-refractivity contribution is 0.386. The van der Waals surface area contributed by atoms with Gasteiger partial charge in [-0.1, -0.05) is 0 Å². The summed E-state index contributed by atoms with van der Waals surface area (Å²) in [4.78, 5) is 4.02. The van der Waals surface area contributed by atoms with E-state index < -0.39 is 5.82 Å². The fourth-order valence-electron chi connectivity index (χ4n) is 1.66. The number of hydrogen-bond acceptors (Lipinski definition) is 3. The molecule has 0 spiro atoms. The van der Waals surface area contributed by atoms with Gasteiger partial charge in [0.1, 0.15) is 0 Å². The normalized spacial score (nSPS) is 12.5. The molecule has 0 amide bonds. The second kappa shape index (κ2) is 4.55. The van der Waals surface area contributed by atoms with Gasteiger partial charge in [0.15, 0.2) is 11.6 Å². The summed E-state index contributed by atoms with van der Waals surface area (Å²) in [5, 5.41) is 0. The highest BCUT2D eigenvalue weighted by Crippen LogP contribution is 2.22. The van der Waals surface area contributed by atoms with Gasteiger partial charge in [-0.25, -0.2) is 9.37 Å². The first-order chi connectivity index (χ1) is 8.13. The zero-order valence-electron chi connectivity index (χ0n) is 9.72. The van der Waals surface area contributed by atoms with Crippen LogP contribution in [0.25, 0.3) is 5.69 Å². The number of hydrogen-bond donors (Lipinski definition) is 1. The fraction of sp³-hybridized carbons (Fsp3) is 0.250. The van der Waals surface area contributed by atoms with Crippen LogP contribution in [0.3, 0.4) is 0 Å². The van der Waals surface area contributed by atoms with Gasteiger partial charge in [-0.3, -0.25) is 0 Å². The predicted octanol–water partition coefficient (Wildman–Crippen LogP) is 2.04. The van der Waals surface area contributed by atoms with Crippen LogP contribution in [0.5, 0.6) is 5.75 Å². The van der Waals surface area contributed by atoms with Crippen LogP contribution >= 0.6 is 0 Å². The number of benzene rings is 1. The third-order valence-corrected chi connectivity index (χ3v) is 2.55. The Morgan fingerprint density at radius 1 is 1.47 bits per heavy atom. The number of nitrogens with zero attached hydrogens (tertiary/aromatic N) is 2. The van der Waals surface area contributed by atoms with E-state index in [1.54, 1.807) is 29.2 Å². The molecule has 2 rings (SSSR count). The second-order valence-electron chi connectivity index (χ2n) is 3.80. The number of methoxy groups -OCH3 is 1. The summed E-state index contributed by atoms with van der Waals surface area (Å²) >= 11 is 0. The maximum atomic E-state index is 13.6. The monoisotopic (exact) mass is 235 g/mol. The molecular formula is C12H14FN3O. The van der Waals surface area contributed by atoms with Crippen LogP contribution < -0.4 is 10.5 Å². The second-order valence-corrected chi connectivity index (χ2v) is 3.80. The zero-order valence-corrected chi connectivity index (χ0v) is 9.72. The maximum absolute atomic E-state index is 13.6. The molecule has 0 bridgehead atoms. The maximum Gasteiger partial charge on any atom is 0.167 e. The Balaban J connectivity index is 2.46. The Morgan fingerprint density at radius 2 is 2.24 bits per heavy atom. The molecule has 0 saturated heterocycles. The van der Waals surface area contributed by atoms with Crippen molar-refractivity contribution in [2.75, 3.05) is 7.11 Å². The molecule has 0 aliphatic heterocycles. The minimum Gasteiger partial charge on any atom is -0.494 e. The number of halogens is 1. The molecule has 1 heterocycles. The van der Waals surface area contributed by atoms with E-state index in [0.29, 0.717) is 5.69 Å². The SMILES string of the molecule is COc1ccc(-n2cncc2C(C)N)cc1F. The van der Waals surface area contributed by atoms with Gasteiger partial charge in [-0.15, -0.1) is 0 Å². The molecule has 0 radical (unpaired) electrons. The minimum atomic E-state index is -0.408. The van der Waals surface area contributed by atoms with E-state index in [4.69, 9.17) is 10.5 Å². The van der Waals surface area contributed by atoms with E-state index in [9.17, 15) is 4.39 Å². The summed E-state index contributed by atoms with van der Waals surface area (Å²) in [6, 6.07) is 4.57. The molecule has 2 aromatic rings. The van der Waals surface area contributed by atoms with Crippen molar-refractivity contribution in [1.29, 1.82) is 0 Å². The van der Waals surface area contributed by atoms with Gasteiger partial charge in [0, 0.05) is 12.1 Å². The molecule has 90 valence electrons. The Hall–Kier alpha value is -1.88. The molecule has 1 atom stereocenters. The molecule has 0 aliphatic rings. The van der Waals surface area contributed by atoms with Gasteiger partial charge in [0.05, 0.1) is 31.0 Å². The highest BCUT2D eigenvalue weighted by Gasteiger charge is 2.10. The first-order valence-corrected chi connectivity index (χ1v) is 5.25. The van der Waals surface area contributed by atoms with Crippen molar-refractivity contribution < 1.29 is 9.13 Å². The Bertz CT molecular complexity index is 522. The van der Waals surface area contributed by atoms with Gasteiger partial charge >= 0.3 is 0 Å². The highest BCUT2D eigenvalue weighted by atomic mass is 19.1.